The molecular weight excluding hydrogens is 244 g/mol. The Morgan fingerprint density at radius 3 is 2.89 bits per heavy atom. The lowest BCUT2D eigenvalue weighted by Crippen LogP contribution is -2.32. The van der Waals surface area contributed by atoms with Crippen LogP contribution in [0.5, 0.6) is 0 Å². The third-order valence-corrected chi connectivity index (χ3v) is 4.26. The van der Waals surface area contributed by atoms with Gasteiger partial charge in [0, 0.05) is 18.0 Å². The number of rotatable bonds is 5. The predicted octanol–water partition coefficient (Wildman–Crippen LogP) is 3.68. The molecule has 0 spiro atoms. The molecule has 0 radical (unpaired) electrons. The van der Waals surface area contributed by atoms with Gasteiger partial charge in [-0.2, -0.15) is 0 Å². The minimum Gasteiger partial charge on any atom is -0.468 e. The maximum absolute atomic E-state index is 5.48. The van der Waals surface area contributed by atoms with Crippen LogP contribution in [0.15, 0.2) is 33.7 Å². The van der Waals surface area contributed by atoms with E-state index in [-0.39, 0.29) is 0 Å². The van der Waals surface area contributed by atoms with E-state index >= 15 is 0 Å². The lowest BCUT2D eigenvalue weighted by Gasteiger charge is -2.27. The van der Waals surface area contributed by atoms with Crippen molar-refractivity contribution in [3.8, 4) is 0 Å². The highest BCUT2D eigenvalue weighted by atomic mass is 32.1. The third kappa shape index (κ3) is 2.82. The van der Waals surface area contributed by atoms with Gasteiger partial charge < -0.3 is 4.42 Å². The summed E-state index contributed by atoms with van der Waals surface area (Å²) >= 11 is 1.67. The smallest absolute Gasteiger partial charge is 0.117 e. The molecule has 0 bridgehead atoms. The first-order chi connectivity index (χ1) is 8.92. The lowest BCUT2D eigenvalue weighted by atomic mass is 10.2. The van der Waals surface area contributed by atoms with E-state index in [0.717, 1.165) is 18.8 Å². The largest absolute Gasteiger partial charge is 0.468 e. The van der Waals surface area contributed by atoms with Gasteiger partial charge in [-0.1, -0.05) is 12.8 Å². The van der Waals surface area contributed by atoms with E-state index in [2.05, 4.69) is 21.3 Å². The van der Waals surface area contributed by atoms with E-state index in [4.69, 9.17) is 4.42 Å². The zero-order chi connectivity index (χ0) is 12.2. The van der Waals surface area contributed by atoms with Crippen LogP contribution in [0.2, 0.25) is 0 Å². The molecule has 96 valence electrons. The zero-order valence-electron chi connectivity index (χ0n) is 10.4. The van der Waals surface area contributed by atoms with Gasteiger partial charge in [-0.15, -0.1) is 11.3 Å². The average molecular weight is 262 g/mol. The second-order valence-electron chi connectivity index (χ2n) is 4.90. The standard InChI is InChI=1S/C14H18N2OS/c1-2-5-13(4-1)16(8-12-10-18-11-15-12)9-14-6-3-7-17-14/h3,6-7,10-11,13H,1-2,4-5,8-9H2. The van der Waals surface area contributed by atoms with Crippen LogP contribution in [0.25, 0.3) is 0 Å². The highest BCUT2D eigenvalue weighted by Crippen LogP contribution is 2.26. The molecule has 0 amide bonds. The molecule has 4 heteroatoms. The SMILES string of the molecule is c1coc(CN(Cc2cscn2)C2CCCC2)c1. The molecule has 0 atom stereocenters. The van der Waals surface area contributed by atoms with Gasteiger partial charge in [-0.3, -0.25) is 4.90 Å². The number of furan rings is 1. The second-order valence-corrected chi connectivity index (χ2v) is 5.62. The number of aromatic nitrogens is 1. The molecule has 2 aromatic heterocycles. The Labute approximate surface area is 111 Å². The van der Waals surface area contributed by atoms with E-state index in [9.17, 15) is 0 Å². The Bertz CT molecular complexity index is 410. The van der Waals surface area contributed by atoms with Crippen LogP contribution >= 0.6 is 11.3 Å². The monoisotopic (exact) mass is 262 g/mol. The van der Waals surface area contributed by atoms with Crippen LogP contribution in [0, 0.1) is 0 Å². The first-order valence-electron chi connectivity index (χ1n) is 6.55. The summed E-state index contributed by atoms with van der Waals surface area (Å²) in [6, 6.07) is 4.71. The molecule has 2 heterocycles. The molecule has 2 aromatic rings. The summed E-state index contributed by atoms with van der Waals surface area (Å²) in [5.41, 5.74) is 3.09. The van der Waals surface area contributed by atoms with Crippen LogP contribution in [-0.2, 0) is 13.1 Å². The topological polar surface area (TPSA) is 29.3 Å². The van der Waals surface area contributed by atoms with E-state index in [1.807, 2.05) is 11.6 Å². The van der Waals surface area contributed by atoms with Crippen molar-refractivity contribution in [3.05, 3.63) is 40.7 Å². The van der Waals surface area contributed by atoms with E-state index in [1.165, 1.54) is 31.4 Å². The van der Waals surface area contributed by atoms with Crippen LogP contribution in [0.1, 0.15) is 37.1 Å². The molecule has 0 unspecified atom stereocenters. The van der Waals surface area contributed by atoms with Gasteiger partial charge in [0.2, 0.25) is 0 Å². The van der Waals surface area contributed by atoms with Gasteiger partial charge >= 0.3 is 0 Å². The first kappa shape index (κ1) is 11.9. The second kappa shape index (κ2) is 5.67. The van der Waals surface area contributed by atoms with Crippen molar-refractivity contribution in [1.82, 2.24) is 9.88 Å². The Hall–Kier alpha value is -1.13. The fourth-order valence-corrected chi connectivity index (χ4v) is 3.26. The molecule has 0 aliphatic heterocycles. The van der Waals surface area contributed by atoms with E-state index in [0.29, 0.717) is 6.04 Å². The van der Waals surface area contributed by atoms with Crippen molar-refractivity contribution in [1.29, 1.82) is 0 Å². The van der Waals surface area contributed by atoms with Crippen LogP contribution < -0.4 is 0 Å². The Morgan fingerprint density at radius 2 is 2.22 bits per heavy atom. The molecule has 1 aliphatic carbocycles. The third-order valence-electron chi connectivity index (χ3n) is 3.63. The highest BCUT2D eigenvalue weighted by molar-refractivity contribution is 7.07. The van der Waals surface area contributed by atoms with Crippen LogP contribution in [-0.4, -0.2) is 15.9 Å². The first-order valence-corrected chi connectivity index (χ1v) is 7.49. The molecule has 3 nitrogen and oxygen atoms in total. The quantitative estimate of drug-likeness (QED) is 0.823. The number of thiazole rings is 1. The van der Waals surface area contributed by atoms with Gasteiger partial charge in [0.1, 0.15) is 5.76 Å². The summed E-state index contributed by atoms with van der Waals surface area (Å²) < 4.78 is 5.48. The molecule has 18 heavy (non-hydrogen) atoms. The maximum Gasteiger partial charge on any atom is 0.117 e. The molecule has 0 saturated heterocycles. The van der Waals surface area contributed by atoms with Crippen molar-refractivity contribution < 1.29 is 4.42 Å². The summed E-state index contributed by atoms with van der Waals surface area (Å²) in [7, 11) is 0. The molecule has 3 rings (SSSR count). The molecule has 1 saturated carbocycles. The minimum absolute atomic E-state index is 0.691. The Kier molecular flexibility index (Phi) is 3.76. The minimum atomic E-state index is 0.691. The predicted molar refractivity (Wildman–Crippen MR) is 72.3 cm³/mol. The summed E-state index contributed by atoms with van der Waals surface area (Å²) in [5.74, 6) is 1.05. The lowest BCUT2D eigenvalue weighted by molar-refractivity contribution is 0.165. The molecule has 0 aromatic carbocycles. The fourth-order valence-electron chi connectivity index (χ4n) is 2.71. The average Bonchev–Trinajstić information content (AvgIpc) is 3.13. The highest BCUT2D eigenvalue weighted by Gasteiger charge is 2.23. The molecular formula is C14H18N2OS. The number of hydrogen-bond acceptors (Lipinski definition) is 4. The number of hydrogen-bond donors (Lipinski definition) is 0. The van der Waals surface area contributed by atoms with Gasteiger partial charge in [-0.05, 0) is 25.0 Å². The Balaban J connectivity index is 1.70. The van der Waals surface area contributed by atoms with Crippen LogP contribution in [0.4, 0.5) is 0 Å². The van der Waals surface area contributed by atoms with Gasteiger partial charge in [0.25, 0.3) is 0 Å². The van der Waals surface area contributed by atoms with E-state index in [1.54, 1.807) is 17.6 Å². The normalized spacial score (nSPS) is 16.7. The zero-order valence-corrected chi connectivity index (χ0v) is 11.2. The summed E-state index contributed by atoms with van der Waals surface area (Å²) in [5, 5.41) is 2.14. The van der Waals surface area contributed by atoms with Crippen molar-refractivity contribution in [2.24, 2.45) is 0 Å². The summed E-state index contributed by atoms with van der Waals surface area (Å²) in [6.45, 7) is 1.84. The molecule has 1 fully saturated rings. The summed E-state index contributed by atoms with van der Waals surface area (Å²) in [6.07, 6.45) is 7.09. The van der Waals surface area contributed by atoms with Crippen LogP contribution in [0.3, 0.4) is 0 Å². The van der Waals surface area contributed by atoms with Crippen molar-refractivity contribution in [2.75, 3.05) is 0 Å². The Morgan fingerprint density at radius 1 is 1.33 bits per heavy atom. The number of nitrogens with zero attached hydrogens (tertiary/aromatic N) is 2. The van der Waals surface area contributed by atoms with Gasteiger partial charge in [0.05, 0.1) is 24.0 Å². The fraction of sp³-hybridized carbons (Fsp3) is 0.500. The summed E-state index contributed by atoms with van der Waals surface area (Å²) in [4.78, 5) is 6.92. The van der Waals surface area contributed by atoms with Gasteiger partial charge in [-0.25, -0.2) is 4.98 Å². The van der Waals surface area contributed by atoms with Crippen molar-refractivity contribution >= 4 is 11.3 Å². The maximum atomic E-state index is 5.48. The van der Waals surface area contributed by atoms with Gasteiger partial charge in [0.15, 0.2) is 0 Å². The van der Waals surface area contributed by atoms with E-state index < -0.39 is 0 Å². The molecule has 0 N–H and O–H groups in total. The molecule has 1 aliphatic rings. The van der Waals surface area contributed by atoms with Crippen molar-refractivity contribution in [2.45, 2.75) is 44.8 Å². The van der Waals surface area contributed by atoms with Crippen molar-refractivity contribution in [3.63, 3.8) is 0 Å².